The van der Waals surface area contributed by atoms with Gasteiger partial charge in [0, 0.05) is 23.6 Å². The molecule has 1 aromatic heterocycles. The second-order valence-corrected chi connectivity index (χ2v) is 5.48. The molecule has 1 aliphatic carbocycles. The fourth-order valence-corrected chi connectivity index (χ4v) is 2.82. The Labute approximate surface area is 107 Å². The molecule has 2 atom stereocenters. The minimum atomic E-state index is 0.689. The number of hydrogen-bond acceptors (Lipinski definition) is 2. The molecule has 1 fully saturated rings. The van der Waals surface area contributed by atoms with Crippen molar-refractivity contribution in [2.24, 2.45) is 5.92 Å². The molecule has 0 radical (unpaired) electrons. The first-order valence-electron chi connectivity index (χ1n) is 6.35. The van der Waals surface area contributed by atoms with Crippen LogP contribution in [0.5, 0.6) is 0 Å². The van der Waals surface area contributed by atoms with Gasteiger partial charge in [0.2, 0.25) is 0 Å². The Morgan fingerprint density at radius 2 is 2.28 bits per heavy atom. The monoisotopic (exact) mass is 239 g/mol. The van der Waals surface area contributed by atoms with Crippen LogP contribution in [0, 0.1) is 17.2 Å². The molecule has 3 rings (SSSR count). The molecular formula is C15H17N3. The number of H-pyrrole nitrogens is 1. The van der Waals surface area contributed by atoms with E-state index in [0.717, 1.165) is 23.5 Å². The number of rotatable bonds is 3. The Morgan fingerprint density at radius 3 is 3.00 bits per heavy atom. The fourth-order valence-electron chi connectivity index (χ4n) is 2.82. The van der Waals surface area contributed by atoms with Gasteiger partial charge in [-0.1, -0.05) is 6.07 Å². The van der Waals surface area contributed by atoms with E-state index in [0.29, 0.717) is 5.92 Å². The SMILES string of the molecule is CN(C)CC1CC1c1c[nH]c2cc(C#N)ccc12. The number of benzene rings is 1. The van der Waals surface area contributed by atoms with Gasteiger partial charge in [-0.25, -0.2) is 0 Å². The summed E-state index contributed by atoms with van der Waals surface area (Å²) in [5.74, 6) is 1.48. The van der Waals surface area contributed by atoms with Gasteiger partial charge in [0.15, 0.2) is 0 Å². The molecule has 2 unspecified atom stereocenters. The predicted molar refractivity (Wildman–Crippen MR) is 72.4 cm³/mol. The lowest BCUT2D eigenvalue weighted by atomic mass is 10.1. The van der Waals surface area contributed by atoms with Crippen molar-refractivity contribution in [1.29, 1.82) is 5.26 Å². The van der Waals surface area contributed by atoms with Crippen molar-refractivity contribution in [3.05, 3.63) is 35.5 Å². The Kier molecular flexibility index (Phi) is 2.61. The summed E-state index contributed by atoms with van der Waals surface area (Å²) in [7, 11) is 4.26. The van der Waals surface area contributed by atoms with Crippen molar-refractivity contribution >= 4 is 10.9 Å². The molecule has 1 heterocycles. The molecule has 1 saturated carbocycles. The number of nitrogens with zero attached hydrogens (tertiary/aromatic N) is 2. The summed E-state index contributed by atoms with van der Waals surface area (Å²) >= 11 is 0. The lowest BCUT2D eigenvalue weighted by molar-refractivity contribution is 0.385. The van der Waals surface area contributed by atoms with Gasteiger partial charge in [0.25, 0.3) is 0 Å². The molecule has 0 bridgehead atoms. The van der Waals surface area contributed by atoms with Gasteiger partial charge in [-0.2, -0.15) is 5.26 Å². The third-order valence-corrected chi connectivity index (χ3v) is 3.76. The lowest BCUT2D eigenvalue weighted by Gasteiger charge is -2.08. The van der Waals surface area contributed by atoms with Gasteiger partial charge >= 0.3 is 0 Å². The highest BCUT2D eigenvalue weighted by atomic mass is 15.1. The average molecular weight is 239 g/mol. The molecule has 0 saturated heterocycles. The molecular weight excluding hydrogens is 222 g/mol. The van der Waals surface area contributed by atoms with E-state index in [4.69, 9.17) is 5.26 Å². The van der Waals surface area contributed by atoms with Crippen molar-refractivity contribution in [2.45, 2.75) is 12.3 Å². The molecule has 0 aliphatic heterocycles. The van der Waals surface area contributed by atoms with E-state index in [1.54, 1.807) is 0 Å². The second kappa shape index (κ2) is 4.15. The molecule has 3 heteroatoms. The first-order valence-corrected chi connectivity index (χ1v) is 6.35. The summed E-state index contributed by atoms with van der Waals surface area (Å²) in [6.45, 7) is 1.16. The maximum atomic E-state index is 8.90. The highest BCUT2D eigenvalue weighted by Gasteiger charge is 2.39. The first-order chi connectivity index (χ1) is 8.69. The standard InChI is InChI=1S/C15H17N3/c1-18(2)9-11-6-13(11)14-8-17-15-5-10(7-16)3-4-12(14)15/h3-5,8,11,13,17H,6,9H2,1-2H3. The average Bonchev–Trinajstić information content (AvgIpc) is 2.97. The van der Waals surface area contributed by atoms with Crippen molar-refractivity contribution in [1.82, 2.24) is 9.88 Å². The quantitative estimate of drug-likeness (QED) is 0.894. The number of nitrogens with one attached hydrogen (secondary N) is 1. The summed E-state index contributed by atoms with van der Waals surface area (Å²) in [4.78, 5) is 5.55. The van der Waals surface area contributed by atoms with Crippen LogP contribution in [0.2, 0.25) is 0 Å². The van der Waals surface area contributed by atoms with Crippen molar-refractivity contribution in [2.75, 3.05) is 20.6 Å². The van der Waals surface area contributed by atoms with Gasteiger partial charge in [-0.05, 0) is 50.0 Å². The molecule has 92 valence electrons. The largest absolute Gasteiger partial charge is 0.361 e. The van der Waals surface area contributed by atoms with Crippen LogP contribution in [-0.4, -0.2) is 30.5 Å². The van der Waals surface area contributed by atoms with Crippen molar-refractivity contribution in [3.63, 3.8) is 0 Å². The summed E-state index contributed by atoms with van der Waals surface area (Å²) in [5.41, 5.74) is 3.22. The smallest absolute Gasteiger partial charge is 0.0992 e. The zero-order valence-corrected chi connectivity index (χ0v) is 10.8. The topological polar surface area (TPSA) is 42.8 Å². The molecule has 3 nitrogen and oxygen atoms in total. The van der Waals surface area contributed by atoms with Crippen LogP contribution in [0.15, 0.2) is 24.4 Å². The van der Waals surface area contributed by atoms with Gasteiger partial charge in [-0.15, -0.1) is 0 Å². The Bertz CT molecular complexity index is 618. The van der Waals surface area contributed by atoms with E-state index in [2.05, 4.69) is 42.3 Å². The number of nitriles is 1. The van der Waals surface area contributed by atoms with Crippen LogP contribution < -0.4 is 0 Å². The lowest BCUT2D eigenvalue weighted by Crippen LogP contribution is -2.15. The third kappa shape index (κ3) is 1.89. The van der Waals surface area contributed by atoms with Crippen LogP contribution in [0.25, 0.3) is 10.9 Å². The van der Waals surface area contributed by atoms with Crippen LogP contribution >= 0.6 is 0 Å². The molecule has 1 aromatic carbocycles. The summed E-state index contributed by atoms with van der Waals surface area (Å²) in [6, 6.07) is 8.09. The van der Waals surface area contributed by atoms with Gasteiger partial charge in [0.05, 0.1) is 11.6 Å². The van der Waals surface area contributed by atoms with E-state index in [1.165, 1.54) is 17.4 Å². The van der Waals surface area contributed by atoms with Crippen LogP contribution in [0.4, 0.5) is 0 Å². The maximum absolute atomic E-state index is 8.90. The molecule has 0 spiro atoms. The number of hydrogen-bond donors (Lipinski definition) is 1. The van der Waals surface area contributed by atoms with Crippen LogP contribution in [-0.2, 0) is 0 Å². The highest BCUT2D eigenvalue weighted by molar-refractivity contribution is 5.85. The minimum absolute atomic E-state index is 0.689. The number of aromatic amines is 1. The van der Waals surface area contributed by atoms with Gasteiger partial charge in [-0.3, -0.25) is 0 Å². The molecule has 0 amide bonds. The number of fused-ring (bicyclic) bond motifs is 1. The van der Waals surface area contributed by atoms with E-state index < -0.39 is 0 Å². The van der Waals surface area contributed by atoms with E-state index >= 15 is 0 Å². The second-order valence-electron chi connectivity index (χ2n) is 5.48. The normalized spacial score (nSPS) is 22.3. The van der Waals surface area contributed by atoms with E-state index in [-0.39, 0.29) is 0 Å². The Balaban J connectivity index is 1.89. The zero-order valence-electron chi connectivity index (χ0n) is 10.8. The van der Waals surface area contributed by atoms with Crippen molar-refractivity contribution < 1.29 is 0 Å². The van der Waals surface area contributed by atoms with Crippen LogP contribution in [0.1, 0.15) is 23.5 Å². The molecule has 1 aliphatic rings. The molecule has 18 heavy (non-hydrogen) atoms. The van der Waals surface area contributed by atoms with E-state index in [9.17, 15) is 0 Å². The summed E-state index contributed by atoms with van der Waals surface area (Å²) in [5, 5.41) is 10.2. The fraction of sp³-hybridized carbons (Fsp3) is 0.400. The van der Waals surface area contributed by atoms with Crippen LogP contribution in [0.3, 0.4) is 0 Å². The van der Waals surface area contributed by atoms with Gasteiger partial charge < -0.3 is 9.88 Å². The molecule has 1 N–H and O–H groups in total. The number of aromatic nitrogens is 1. The summed E-state index contributed by atoms with van der Waals surface area (Å²) < 4.78 is 0. The minimum Gasteiger partial charge on any atom is -0.361 e. The maximum Gasteiger partial charge on any atom is 0.0992 e. The first kappa shape index (κ1) is 11.3. The van der Waals surface area contributed by atoms with Crippen molar-refractivity contribution in [3.8, 4) is 6.07 Å². The highest BCUT2D eigenvalue weighted by Crippen LogP contribution is 2.49. The predicted octanol–water partition coefficient (Wildman–Crippen LogP) is 2.70. The summed E-state index contributed by atoms with van der Waals surface area (Å²) in [6.07, 6.45) is 3.40. The van der Waals surface area contributed by atoms with E-state index in [1.807, 2.05) is 12.1 Å². The Morgan fingerprint density at radius 1 is 1.44 bits per heavy atom. The molecule has 2 aromatic rings. The van der Waals surface area contributed by atoms with Gasteiger partial charge in [0.1, 0.15) is 0 Å². The Hall–Kier alpha value is -1.79. The zero-order chi connectivity index (χ0) is 12.7. The third-order valence-electron chi connectivity index (χ3n) is 3.76.